The Morgan fingerprint density at radius 3 is 1.33 bits per heavy atom. The van der Waals surface area contributed by atoms with Crippen molar-refractivity contribution < 1.29 is 0 Å². The first-order valence-electron chi connectivity index (χ1n) is 19.0. The number of nitriles is 5. The van der Waals surface area contributed by atoms with Crippen molar-refractivity contribution in [2.75, 3.05) is 0 Å². The van der Waals surface area contributed by atoms with Gasteiger partial charge in [0.1, 0.15) is 0 Å². The average Bonchev–Trinajstić information content (AvgIpc) is 3.82. The standard InChI is InChI=1S/C52H26N8/c53-26-32-11-15-40(37(20-32)28-55)34-13-17-49-45(22-34)42-7-1-3-9-47(42)59(49)51-24-39(30-57)44(36-6-5-19-58-31-36)25-52(51)60-48-10-4-2-8-43(48)46-23-35(14-18-50(46)60)41-16-12-33(27-54)21-38(41)29-56/h1-25,31H. The van der Waals surface area contributed by atoms with Crippen molar-refractivity contribution in [3.63, 3.8) is 0 Å². The van der Waals surface area contributed by atoms with Crippen LogP contribution in [0.5, 0.6) is 0 Å². The number of rotatable bonds is 5. The van der Waals surface area contributed by atoms with E-state index in [9.17, 15) is 26.3 Å². The monoisotopic (exact) mass is 762 g/mol. The molecule has 10 rings (SSSR count). The summed E-state index contributed by atoms with van der Waals surface area (Å²) in [7, 11) is 0. The molecule has 7 aromatic carbocycles. The summed E-state index contributed by atoms with van der Waals surface area (Å²) < 4.78 is 4.44. The maximum atomic E-state index is 10.8. The van der Waals surface area contributed by atoms with Crippen LogP contribution in [-0.4, -0.2) is 14.1 Å². The fourth-order valence-electron chi connectivity index (χ4n) is 8.50. The second-order valence-electron chi connectivity index (χ2n) is 14.4. The molecule has 0 aliphatic rings. The van der Waals surface area contributed by atoms with Gasteiger partial charge < -0.3 is 9.13 Å². The first-order chi connectivity index (χ1) is 29.5. The van der Waals surface area contributed by atoms with E-state index in [1.165, 1.54) is 0 Å². The van der Waals surface area contributed by atoms with Gasteiger partial charge in [-0.05, 0) is 101 Å². The molecule has 0 spiro atoms. The first-order valence-corrected chi connectivity index (χ1v) is 19.0. The number of nitrogens with zero attached hydrogens (tertiary/aromatic N) is 8. The first kappa shape index (κ1) is 35.2. The molecule has 10 aromatic rings. The summed E-state index contributed by atoms with van der Waals surface area (Å²) >= 11 is 0. The SMILES string of the molecule is N#Cc1ccc(-c2ccc3c(c2)c2ccccc2n3-c2cc(C#N)c(-c3cccnc3)cc2-n2c3ccccc3c3cc(-c4ccc(C#N)cc4C#N)ccc32)c(C#N)c1. The molecule has 0 aliphatic heterocycles. The molecule has 3 heterocycles. The summed E-state index contributed by atoms with van der Waals surface area (Å²) in [4.78, 5) is 4.40. The van der Waals surface area contributed by atoms with Crippen molar-refractivity contribution in [1.82, 2.24) is 14.1 Å². The highest BCUT2D eigenvalue weighted by atomic mass is 15.1. The molecule has 0 amide bonds. The lowest BCUT2D eigenvalue weighted by Gasteiger charge is -2.19. The van der Waals surface area contributed by atoms with E-state index in [-0.39, 0.29) is 0 Å². The van der Waals surface area contributed by atoms with Crippen LogP contribution in [0.2, 0.25) is 0 Å². The molecule has 0 aliphatic carbocycles. The lowest BCUT2D eigenvalue weighted by atomic mass is 9.97. The Labute approximate surface area is 343 Å². The number of hydrogen-bond acceptors (Lipinski definition) is 6. The highest BCUT2D eigenvalue weighted by Crippen LogP contribution is 2.42. The number of aromatic nitrogens is 3. The molecular formula is C52H26N8. The summed E-state index contributed by atoms with van der Waals surface area (Å²) in [6.07, 6.45) is 3.48. The zero-order valence-corrected chi connectivity index (χ0v) is 31.6. The Bertz CT molecular complexity index is 3670. The van der Waals surface area contributed by atoms with E-state index in [4.69, 9.17) is 0 Å². The maximum absolute atomic E-state index is 10.8. The van der Waals surface area contributed by atoms with E-state index >= 15 is 0 Å². The minimum Gasteiger partial charge on any atom is -0.307 e. The highest BCUT2D eigenvalue weighted by molar-refractivity contribution is 6.13. The molecule has 8 nitrogen and oxygen atoms in total. The minimum absolute atomic E-state index is 0.418. The van der Waals surface area contributed by atoms with Crippen molar-refractivity contribution in [3.05, 3.63) is 186 Å². The zero-order valence-electron chi connectivity index (χ0n) is 31.6. The predicted molar refractivity (Wildman–Crippen MR) is 233 cm³/mol. The van der Waals surface area contributed by atoms with Gasteiger partial charge >= 0.3 is 0 Å². The van der Waals surface area contributed by atoms with Crippen molar-refractivity contribution in [1.29, 1.82) is 26.3 Å². The second kappa shape index (κ2) is 14.0. The number of pyridine rings is 1. The van der Waals surface area contributed by atoms with Gasteiger partial charge in [-0.2, -0.15) is 26.3 Å². The molecule has 3 aromatic heterocycles. The second-order valence-corrected chi connectivity index (χ2v) is 14.4. The van der Waals surface area contributed by atoms with E-state index in [1.54, 1.807) is 36.7 Å². The number of benzene rings is 7. The van der Waals surface area contributed by atoms with E-state index in [2.05, 4.69) is 99.1 Å². The summed E-state index contributed by atoms with van der Waals surface area (Å²) in [6, 6.07) is 58.2. The van der Waals surface area contributed by atoms with Gasteiger partial charge in [-0.3, -0.25) is 4.98 Å². The van der Waals surface area contributed by atoms with Gasteiger partial charge in [-0.25, -0.2) is 0 Å². The van der Waals surface area contributed by atoms with Crippen LogP contribution >= 0.6 is 0 Å². The molecule has 0 unspecified atom stereocenters. The van der Waals surface area contributed by atoms with E-state index in [0.29, 0.717) is 27.8 Å². The van der Waals surface area contributed by atoms with Gasteiger partial charge in [0, 0.05) is 45.1 Å². The average molecular weight is 763 g/mol. The third-order valence-electron chi connectivity index (χ3n) is 11.2. The fraction of sp³-hybridized carbons (Fsp3) is 0. The van der Waals surface area contributed by atoms with Crippen LogP contribution in [0, 0.1) is 56.7 Å². The molecular weight excluding hydrogens is 737 g/mol. The van der Waals surface area contributed by atoms with Gasteiger partial charge in [0.15, 0.2) is 0 Å². The smallest absolute Gasteiger partial charge is 0.0999 e. The molecule has 60 heavy (non-hydrogen) atoms. The zero-order chi connectivity index (χ0) is 40.9. The van der Waals surface area contributed by atoms with Crippen LogP contribution in [-0.2, 0) is 0 Å². The third-order valence-corrected chi connectivity index (χ3v) is 11.2. The van der Waals surface area contributed by atoms with Crippen LogP contribution in [0.1, 0.15) is 27.8 Å². The molecule has 0 bridgehead atoms. The minimum atomic E-state index is 0.418. The summed E-state index contributed by atoms with van der Waals surface area (Å²) in [5, 5.41) is 53.9. The van der Waals surface area contributed by atoms with Crippen LogP contribution in [0.15, 0.2) is 158 Å². The van der Waals surface area contributed by atoms with Crippen LogP contribution in [0.4, 0.5) is 0 Å². The quantitative estimate of drug-likeness (QED) is 0.171. The number of hydrogen-bond donors (Lipinski definition) is 0. The van der Waals surface area contributed by atoms with Gasteiger partial charge in [-0.1, -0.05) is 66.7 Å². The normalized spacial score (nSPS) is 10.9. The van der Waals surface area contributed by atoms with Gasteiger partial charge in [0.2, 0.25) is 0 Å². The maximum Gasteiger partial charge on any atom is 0.0999 e. The van der Waals surface area contributed by atoms with E-state index in [0.717, 1.165) is 88.4 Å². The topological polar surface area (TPSA) is 142 Å². The number of para-hydroxylation sites is 2. The highest BCUT2D eigenvalue weighted by Gasteiger charge is 2.23. The Morgan fingerprint density at radius 2 is 0.850 bits per heavy atom. The number of fused-ring (bicyclic) bond motifs is 6. The van der Waals surface area contributed by atoms with Crippen LogP contribution in [0.25, 0.3) is 88.4 Å². The molecule has 8 heteroatoms. The van der Waals surface area contributed by atoms with Gasteiger partial charge in [-0.15, -0.1) is 0 Å². The van der Waals surface area contributed by atoms with Crippen molar-refractivity contribution in [2.45, 2.75) is 0 Å². The van der Waals surface area contributed by atoms with Crippen LogP contribution < -0.4 is 0 Å². The van der Waals surface area contributed by atoms with Crippen molar-refractivity contribution in [2.24, 2.45) is 0 Å². The molecule has 0 saturated carbocycles. The van der Waals surface area contributed by atoms with E-state index in [1.807, 2.05) is 66.7 Å². The van der Waals surface area contributed by atoms with Crippen molar-refractivity contribution >= 4 is 43.6 Å². The molecule has 0 atom stereocenters. The largest absolute Gasteiger partial charge is 0.307 e. The summed E-state index contributed by atoms with van der Waals surface area (Å²) in [5.41, 5.74) is 12.2. The Kier molecular flexibility index (Phi) is 8.23. The predicted octanol–water partition coefficient (Wildman–Crippen LogP) is 11.6. The Balaban J connectivity index is 1.29. The fourth-order valence-corrected chi connectivity index (χ4v) is 8.50. The van der Waals surface area contributed by atoms with E-state index < -0.39 is 0 Å². The summed E-state index contributed by atoms with van der Waals surface area (Å²) in [5.74, 6) is 0. The van der Waals surface area contributed by atoms with Gasteiger partial charge in [0.05, 0.1) is 91.6 Å². The molecule has 0 saturated heterocycles. The molecule has 0 N–H and O–H groups in total. The Hall–Kier alpha value is -9.26. The van der Waals surface area contributed by atoms with Crippen molar-refractivity contribution in [3.8, 4) is 75.1 Å². The lowest BCUT2D eigenvalue weighted by molar-refractivity contribution is 1.09. The van der Waals surface area contributed by atoms with Gasteiger partial charge in [0.25, 0.3) is 0 Å². The summed E-state index contributed by atoms with van der Waals surface area (Å²) in [6.45, 7) is 0. The van der Waals surface area contributed by atoms with Crippen LogP contribution in [0.3, 0.4) is 0 Å². The molecule has 274 valence electrons. The Morgan fingerprint density at radius 1 is 0.367 bits per heavy atom. The molecule has 0 radical (unpaired) electrons. The molecule has 0 fully saturated rings. The lowest BCUT2D eigenvalue weighted by Crippen LogP contribution is -2.05. The third kappa shape index (κ3) is 5.45.